The number of hydrogen-bond donors (Lipinski definition) is 1. The fourth-order valence-corrected chi connectivity index (χ4v) is 2.72. The number of carbonyl (C=O) groups is 2. The summed E-state index contributed by atoms with van der Waals surface area (Å²) in [4.78, 5) is 37.4. The van der Waals surface area contributed by atoms with Gasteiger partial charge in [0.05, 0.1) is 21.1 Å². The van der Waals surface area contributed by atoms with Crippen LogP contribution < -0.4 is 5.32 Å². The van der Waals surface area contributed by atoms with E-state index in [0.717, 1.165) is 24.2 Å². The van der Waals surface area contributed by atoms with E-state index in [1.807, 2.05) is 0 Å². The van der Waals surface area contributed by atoms with E-state index in [1.165, 1.54) is 18.2 Å². The zero-order chi connectivity index (χ0) is 15.7. The smallest absolute Gasteiger partial charge is 0.309 e. The lowest BCUT2D eigenvalue weighted by atomic mass is 10.3. The predicted molar refractivity (Wildman–Crippen MR) is 78.6 cm³/mol. The highest BCUT2D eigenvalue weighted by Gasteiger charge is 2.31. The normalized spacial score (nSPS) is 13.8. The number of anilines is 1. The molecule has 9 heteroatoms. The van der Waals surface area contributed by atoms with E-state index >= 15 is 0 Å². The van der Waals surface area contributed by atoms with E-state index in [9.17, 15) is 19.7 Å². The molecule has 0 radical (unpaired) electrons. The lowest BCUT2D eigenvalue weighted by Gasteiger charge is -2.03. The highest BCUT2D eigenvalue weighted by Crippen LogP contribution is 2.30. The standard InChI is InChI=1S/C13H11N3O5S/c17-11(6-21-12(18)7-1-2-7)15-13-14-9-4-3-8(16(19)20)5-10(9)22-13/h3-5,7H,1-2,6H2,(H,14,15,17). The summed E-state index contributed by atoms with van der Waals surface area (Å²) in [7, 11) is 0. The molecular formula is C13H11N3O5S. The van der Waals surface area contributed by atoms with Crippen LogP contribution >= 0.6 is 11.3 Å². The van der Waals surface area contributed by atoms with Crippen LogP contribution in [0.25, 0.3) is 10.2 Å². The van der Waals surface area contributed by atoms with Gasteiger partial charge in [-0.3, -0.25) is 25.0 Å². The van der Waals surface area contributed by atoms with Crippen molar-refractivity contribution in [2.24, 2.45) is 5.92 Å². The van der Waals surface area contributed by atoms with Gasteiger partial charge in [0.15, 0.2) is 11.7 Å². The summed E-state index contributed by atoms with van der Waals surface area (Å²) in [5, 5.41) is 13.5. The van der Waals surface area contributed by atoms with Crippen molar-refractivity contribution in [3.05, 3.63) is 28.3 Å². The number of non-ortho nitro benzene ring substituents is 1. The molecule has 0 spiro atoms. The van der Waals surface area contributed by atoms with Crippen LogP contribution in [0.5, 0.6) is 0 Å². The zero-order valence-electron chi connectivity index (χ0n) is 11.3. The number of ether oxygens (including phenoxy) is 1. The maximum atomic E-state index is 11.7. The monoisotopic (exact) mass is 321 g/mol. The molecule has 0 aliphatic heterocycles. The van der Waals surface area contributed by atoms with Gasteiger partial charge in [-0.1, -0.05) is 11.3 Å². The first-order valence-corrected chi connectivity index (χ1v) is 7.36. The van der Waals surface area contributed by atoms with Crippen LogP contribution in [0.15, 0.2) is 18.2 Å². The number of amides is 1. The molecule has 1 aromatic heterocycles. The van der Waals surface area contributed by atoms with Crippen LogP contribution in [-0.2, 0) is 14.3 Å². The van der Waals surface area contributed by atoms with Gasteiger partial charge in [0.25, 0.3) is 11.6 Å². The summed E-state index contributed by atoms with van der Waals surface area (Å²) in [5.41, 5.74) is 0.522. The quantitative estimate of drug-likeness (QED) is 0.513. The van der Waals surface area contributed by atoms with Crippen molar-refractivity contribution in [1.82, 2.24) is 4.98 Å². The average molecular weight is 321 g/mol. The number of nitro benzene ring substituents is 1. The molecule has 8 nitrogen and oxygen atoms in total. The van der Waals surface area contributed by atoms with Crippen LogP contribution in [0.4, 0.5) is 10.8 Å². The molecule has 22 heavy (non-hydrogen) atoms. The number of nitro groups is 1. The number of esters is 1. The highest BCUT2D eigenvalue weighted by atomic mass is 32.1. The Hall–Kier alpha value is -2.55. The Bertz CT molecular complexity index is 768. The molecule has 2 aromatic rings. The molecule has 1 aliphatic carbocycles. The molecule has 1 fully saturated rings. The van der Waals surface area contributed by atoms with E-state index in [1.54, 1.807) is 0 Å². The number of thiazole rings is 1. The molecule has 0 saturated heterocycles. The second-order valence-corrected chi connectivity index (χ2v) is 5.89. The molecule has 0 bridgehead atoms. The van der Waals surface area contributed by atoms with Crippen molar-refractivity contribution in [3.8, 4) is 0 Å². The summed E-state index contributed by atoms with van der Waals surface area (Å²) >= 11 is 1.12. The Morgan fingerprint density at radius 3 is 2.91 bits per heavy atom. The Kier molecular flexibility index (Phi) is 3.72. The molecule has 1 aromatic carbocycles. The maximum absolute atomic E-state index is 11.7. The Morgan fingerprint density at radius 1 is 1.45 bits per heavy atom. The molecule has 1 saturated carbocycles. The summed E-state index contributed by atoms with van der Waals surface area (Å²) in [6.07, 6.45) is 1.63. The topological polar surface area (TPSA) is 111 Å². The van der Waals surface area contributed by atoms with Gasteiger partial charge < -0.3 is 4.74 Å². The fraction of sp³-hybridized carbons (Fsp3) is 0.308. The van der Waals surface area contributed by atoms with E-state index in [4.69, 9.17) is 4.74 Å². The number of rotatable bonds is 5. The molecule has 0 unspecified atom stereocenters. The third kappa shape index (κ3) is 3.19. The minimum Gasteiger partial charge on any atom is -0.455 e. The van der Waals surface area contributed by atoms with Gasteiger partial charge in [0.1, 0.15) is 0 Å². The van der Waals surface area contributed by atoms with Crippen LogP contribution in [0, 0.1) is 16.0 Å². The van der Waals surface area contributed by atoms with Gasteiger partial charge >= 0.3 is 5.97 Å². The van der Waals surface area contributed by atoms with Crippen LogP contribution in [0.3, 0.4) is 0 Å². The van der Waals surface area contributed by atoms with Gasteiger partial charge in [0, 0.05) is 12.1 Å². The van der Waals surface area contributed by atoms with Crippen molar-refractivity contribution >= 4 is 44.2 Å². The third-order valence-corrected chi connectivity index (χ3v) is 4.02. The van der Waals surface area contributed by atoms with Crippen LogP contribution in [0.2, 0.25) is 0 Å². The van der Waals surface area contributed by atoms with Crippen molar-refractivity contribution in [1.29, 1.82) is 0 Å². The lowest BCUT2D eigenvalue weighted by molar-refractivity contribution is -0.384. The van der Waals surface area contributed by atoms with E-state index in [-0.39, 0.29) is 24.2 Å². The lowest BCUT2D eigenvalue weighted by Crippen LogP contribution is -2.21. The summed E-state index contributed by atoms with van der Waals surface area (Å²) in [6, 6.07) is 4.27. The van der Waals surface area contributed by atoms with Crippen molar-refractivity contribution in [2.45, 2.75) is 12.8 Å². The largest absolute Gasteiger partial charge is 0.455 e. The Balaban J connectivity index is 1.64. The number of aromatic nitrogens is 1. The van der Waals surface area contributed by atoms with Gasteiger partial charge in [-0.05, 0) is 18.9 Å². The Morgan fingerprint density at radius 2 is 2.23 bits per heavy atom. The van der Waals surface area contributed by atoms with E-state index in [0.29, 0.717) is 15.3 Å². The zero-order valence-corrected chi connectivity index (χ0v) is 12.1. The molecule has 1 heterocycles. The summed E-state index contributed by atoms with van der Waals surface area (Å²) < 4.78 is 5.46. The van der Waals surface area contributed by atoms with Gasteiger partial charge in [-0.25, -0.2) is 4.98 Å². The molecule has 114 valence electrons. The van der Waals surface area contributed by atoms with Gasteiger partial charge in [-0.2, -0.15) is 0 Å². The summed E-state index contributed by atoms with van der Waals surface area (Å²) in [6.45, 7) is -0.356. The number of nitrogens with one attached hydrogen (secondary N) is 1. The molecule has 1 N–H and O–H groups in total. The number of fused-ring (bicyclic) bond motifs is 1. The Labute approximate surface area is 128 Å². The van der Waals surface area contributed by atoms with E-state index in [2.05, 4.69) is 10.3 Å². The van der Waals surface area contributed by atoms with Crippen molar-refractivity contribution in [3.63, 3.8) is 0 Å². The van der Waals surface area contributed by atoms with Crippen LogP contribution in [0.1, 0.15) is 12.8 Å². The van der Waals surface area contributed by atoms with Gasteiger partial charge in [-0.15, -0.1) is 0 Å². The number of hydrogen-bond acceptors (Lipinski definition) is 7. The first kappa shape index (κ1) is 14.4. The number of carbonyl (C=O) groups excluding carboxylic acids is 2. The first-order chi connectivity index (χ1) is 10.5. The first-order valence-electron chi connectivity index (χ1n) is 6.54. The summed E-state index contributed by atoms with van der Waals surface area (Å²) in [5.74, 6) is -0.895. The minimum atomic E-state index is -0.491. The van der Waals surface area contributed by atoms with Crippen molar-refractivity contribution in [2.75, 3.05) is 11.9 Å². The SMILES string of the molecule is O=C(COC(=O)C1CC1)Nc1nc2ccc([N+](=O)[O-])cc2s1. The predicted octanol–water partition coefficient (Wildman–Crippen LogP) is 2.10. The highest BCUT2D eigenvalue weighted by molar-refractivity contribution is 7.22. The van der Waals surface area contributed by atoms with Crippen LogP contribution in [-0.4, -0.2) is 28.4 Å². The van der Waals surface area contributed by atoms with Gasteiger partial charge in [0.2, 0.25) is 0 Å². The molecule has 0 atom stereocenters. The van der Waals surface area contributed by atoms with E-state index < -0.39 is 10.8 Å². The average Bonchev–Trinajstić information content (AvgIpc) is 3.25. The molecule has 1 amide bonds. The molecule has 3 rings (SSSR count). The number of nitrogens with zero attached hydrogens (tertiary/aromatic N) is 2. The number of benzene rings is 1. The second-order valence-electron chi connectivity index (χ2n) is 4.86. The second kappa shape index (κ2) is 5.68. The fourth-order valence-electron chi connectivity index (χ4n) is 1.81. The van der Waals surface area contributed by atoms with Crippen molar-refractivity contribution < 1.29 is 19.2 Å². The maximum Gasteiger partial charge on any atom is 0.309 e. The molecular weight excluding hydrogens is 310 g/mol. The minimum absolute atomic E-state index is 0.0348. The molecule has 1 aliphatic rings. The third-order valence-electron chi connectivity index (χ3n) is 3.09.